The van der Waals surface area contributed by atoms with Gasteiger partial charge in [0.05, 0.1) is 0 Å². The standard InChI is InChI=1S/C21H28BrNO6/c1-19(2,3)29-18(26)23-21(6,11-13-7-9-14(22)10-8-13)12-15-16(24)27-20(4,5)28-17(15)25/h7-10,15H,11-12H2,1-6H3,(H,23,26)/t21-/m0/s1. The molecule has 1 saturated heterocycles. The quantitative estimate of drug-likeness (QED) is 0.515. The number of hydrogen-bond donors (Lipinski definition) is 1. The van der Waals surface area contributed by atoms with E-state index in [1.165, 1.54) is 13.8 Å². The lowest BCUT2D eigenvalue weighted by molar-refractivity contribution is -0.241. The molecule has 8 heteroatoms. The Labute approximate surface area is 179 Å². The van der Waals surface area contributed by atoms with E-state index in [0.29, 0.717) is 6.42 Å². The van der Waals surface area contributed by atoms with Gasteiger partial charge in [0.25, 0.3) is 5.79 Å². The van der Waals surface area contributed by atoms with E-state index in [4.69, 9.17) is 14.2 Å². The summed E-state index contributed by atoms with van der Waals surface area (Å²) in [6, 6.07) is 7.57. The minimum atomic E-state index is -1.30. The molecule has 29 heavy (non-hydrogen) atoms. The van der Waals surface area contributed by atoms with Crippen molar-refractivity contribution in [2.45, 2.75) is 71.3 Å². The van der Waals surface area contributed by atoms with Crippen LogP contribution in [0.5, 0.6) is 0 Å². The van der Waals surface area contributed by atoms with Crippen molar-refractivity contribution in [3.8, 4) is 0 Å². The molecule has 1 atom stereocenters. The van der Waals surface area contributed by atoms with Gasteiger partial charge >= 0.3 is 18.0 Å². The molecule has 7 nitrogen and oxygen atoms in total. The van der Waals surface area contributed by atoms with Crippen molar-refractivity contribution in [3.63, 3.8) is 0 Å². The lowest BCUT2D eigenvalue weighted by atomic mass is 9.83. The molecule has 0 aromatic heterocycles. The van der Waals surface area contributed by atoms with Crippen LogP contribution in [0.4, 0.5) is 4.79 Å². The maximum atomic E-state index is 12.5. The second-order valence-corrected chi connectivity index (χ2v) is 9.91. The molecule has 1 aromatic carbocycles. The normalized spacial score (nSPS) is 19.0. The van der Waals surface area contributed by atoms with Gasteiger partial charge in [-0.15, -0.1) is 0 Å². The first-order valence-electron chi connectivity index (χ1n) is 9.39. The molecule has 1 fully saturated rings. The fraction of sp³-hybridized carbons (Fsp3) is 0.571. The molecule has 1 aliphatic heterocycles. The molecule has 2 rings (SSSR count). The molecule has 0 unspecified atom stereocenters. The molecule has 0 bridgehead atoms. The van der Waals surface area contributed by atoms with E-state index in [-0.39, 0.29) is 6.42 Å². The second-order valence-electron chi connectivity index (χ2n) is 8.99. The Morgan fingerprint density at radius 2 is 1.62 bits per heavy atom. The zero-order chi connectivity index (χ0) is 22.0. The number of cyclic esters (lactones) is 2. The molecule has 0 spiro atoms. The predicted molar refractivity (Wildman–Crippen MR) is 110 cm³/mol. The number of alkyl carbamates (subject to hydrolysis) is 1. The average Bonchev–Trinajstić information content (AvgIpc) is 2.50. The number of carbonyl (C=O) groups is 3. The summed E-state index contributed by atoms with van der Waals surface area (Å²) in [6.45, 7) is 10.0. The van der Waals surface area contributed by atoms with Crippen molar-refractivity contribution < 1.29 is 28.6 Å². The fourth-order valence-corrected chi connectivity index (χ4v) is 3.40. The van der Waals surface area contributed by atoms with Crippen LogP contribution in [0.25, 0.3) is 0 Å². The van der Waals surface area contributed by atoms with Gasteiger partial charge in [-0.3, -0.25) is 9.59 Å². The lowest BCUT2D eigenvalue weighted by Crippen LogP contribution is -2.54. The van der Waals surface area contributed by atoms with E-state index >= 15 is 0 Å². The van der Waals surface area contributed by atoms with Gasteiger partial charge in [0.2, 0.25) is 0 Å². The molecule has 0 radical (unpaired) electrons. The molecule has 1 N–H and O–H groups in total. The maximum Gasteiger partial charge on any atom is 0.408 e. The molecule has 1 amide bonds. The number of esters is 2. The minimum absolute atomic E-state index is 0.00997. The predicted octanol–water partition coefficient (Wildman–Crippen LogP) is 4.12. The van der Waals surface area contributed by atoms with E-state index in [9.17, 15) is 14.4 Å². The van der Waals surface area contributed by atoms with Crippen LogP contribution >= 0.6 is 15.9 Å². The largest absolute Gasteiger partial charge is 0.444 e. The van der Waals surface area contributed by atoms with Crippen LogP contribution < -0.4 is 5.32 Å². The number of rotatable bonds is 5. The van der Waals surface area contributed by atoms with Gasteiger partial charge in [-0.1, -0.05) is 28.1 Å². The van der Waals surface area contributed by atoms with Crippen LogP contribution in [0.15, 0.2) is 28.7 Å². The highest BCUT2D eigenvalue weighted by atomic mass is 79.9. The molecule has 0 aliphatic carbocycles. The van der Waals surface area contributed by atoms with Gasteiger partial charge in [-0.2, -0.15) is 0 Å². The van der Waals surface area contributed by atoms with E-state index < -0.39 is 40.9 Å². The molecule has 1 aliphatic rings. The van der Waals surface area contributed by atoms with Gasteiger partial charge < -0.3 is 19.5 Å². The summed E-state index contributed by atoms with van der Waals surface area (Å²) in [6.07, 6.45) is -0.245. The second kappa shape index (κ2) is 8.34. The van der Waals surface area contributed by atoms with Crippen molar-refractivity contribution in [1.29, 1.82) is 0 Å². The first-order chi connectivity index (χ1) is 13.2. The van der Waals surface area contributed by atoms with Crippen LogP contribution in [0.3, 0.4) is 0 Å². The molecule has 0 saturated carbocycles. The lowest BCUT2D eigenvalue weighted by Gasteiger charge is -2.38. The number of nitrogens with one attached hydrogen (secondary N) is 1. The third-order valence-corrected chi connectivity index (χ3v) is 4.76. The van der Waals surface area contributed by atoms with Crippen LogP contribution in [0, 0.1) is 5.92 Å². The maximum absolute atomic E-state index is 12.5. The van der Waals surface area contributed by atoms with Gasteiger partial charge in [0, 0.05) is 23.9 Å². The zero-order valence-corrected chi connectivity index (χ0v) is 19.2. The summed E-state index contributed by atoms with van der Waals surface area (Å²) < 4.78 is 16.7. The monoisotopic (exact) mass is 469 g/mol. The Morgan fingerprint density at radius 3 is 2.10 bits per heavy atom. The van der Waals surface area contributed by atoms with E-state index in [2.05, 4.69) is 21.2 Å². The third-order valence-electron chi connectivity index (χ3n) is 4.23. The van der Waals surface area contributed by atoms with Crippen LogP contribution in [0.2, 0.25) is 0 Å². The average molecular weight is 470 g/mol. The summed E-state index contributed by atoms with van der Waals surface area (Å²) in [7, 11) is 0. The Kier molecular flexibility index (Phi) is 6.67. The van der Waals surface area contributed by atoms with E-state index in [0.717, 1.165) is 10.0 Å². The van der Waals surface area contributed by atoms with Crippen LogP contribution in [-0.4, -0.2) is 35.0 Å². The highest BCUT2D eigenvalue weighted by Gasteiger charge is 2.47. The third kappa shape index (κ3) is 7.03. The molecule has 1 aromatic rings. The van der Waals surface area contributed by atoms with Crippen molar-refractivity contribution in [2.24, 2.45) is 5.92 Å². The topological polar surface area (TPSA) is 90.9 Å². The highest BCUT2D eigenvalue weighted by Crippen LogP contribution is 2.31. The van der Waals surface area contributed by atoms with Crippen molar-refractivity contribution in [3.05, 3.63) is 34.3 Å². The molecule has 160 valence electrons. The van der Waals surface area contributed by atoms with Gasteiger partial charge in [0.1, 0.15) is 5.60 Å². The Morgan fingerprint density at radius 1 is 1.10 bits per heavy atom. The Bertz CT molecular complexity index is 763. The molecular weight excluding hydrogens is 442 g/mol. The van der Waals surface area contributed by atoms with Crippen molar-refractivity contribution >= 4 is 34.0 Å². The summed E-state index contributed by atoms with van der Waals surface area (Å²) in [5.41, 5.74) is -0.722. The van der Waals surface area contributed by atoms with Crippen LogP contribution in [0.1, 0.15) is 53.5 Å². The molecular formula is C21H28BrNO6. The van der Waals surface area contributed by atoms with Gasteiger partial charge in [-0.05, 0) is 58.2 Å². The summed E-state index contributed by atoms with van der Waals surface area (Å²) >= 11 is 3.39. The minimum Gasteiger partial charge on any atom is -0.444 e. The van der Waals surface area contributed by atoms with Crippen molar-refractivity contribution in [2.75, 3.05) is 0 Å². The Balaban J connectivity index is 2.25. The van der Waals surface area contributed by atoms with E-state index in [1.807, 2.05) is 24.3 Å². The zero-order valence-electron chi connectivity index (χ0n) is 17.6. The van der Waals surface area contributed by atoms with Gasteiger partial charge in [-0.25, -0.2) is 4.79 Å². The SMILES string of the molecule is CC(C)(C)OC(=O)N[C@@](C)(Cc1ccc(Br)cc1)CC1C(=O)OC(C)(C)OC1=O. The van der Waals surface area contributed by atoms with Crippen molar-refractivity contribution in [1.82, 2.24) is 5.32 Å². The number of hydrogen-bond acceptors (Lipinski definition) is 6. The van der Waals surface area contributed by atoms with E-state index in [1.54, 1.807) is 27.7 Å². The summed E-state index contributed by atoms with van der Waals surface area (Å²) in [5, 5.41) is 2.83. The number of halogens is 1. The number of ether oxygens (including phenoxy) is 3. The fourth-order valence-electron chi connectivity index (χ4n) is 3.13. The summed E-state index contributed by atoms with van der Waals surface area (Å²) in [5.74, 6) is -3.78. The molecule has 1 heterocycles. The number of amides is 1. The summed E-state index contributed by atoms with van der Waals surface area (Å²) in [4.78, 5) is 37.3. The number of carbonyl (C=O) groups excluding carboxylic acids is 3. The van der Waals surface area contributed by atoms with Gasteiger partial charge in [0.15, 0.2) is 5.92 Å². The first kappa shape index (κ1) is 23.2. The highest BCUT2D eigenvalue weighted by molar-refractivity contribution is 9.10. The smallest absolute Gasteiger partial charge is 0.408 e. The number of benzene rings is 1. The Hall–Kier alpha value is -2.09. The van der Waals surface area contributed by atoms with Crippen LogP contribution in [-0.2, 0) is 30.2 Å². The first-order valence-corrected chi connectivity index (χ1v) is 10.2.